The zero-order valence-corrected chi connectivity index (χ0v) is 26.9. The summed E-state index contributed by atoms with van der Waals surface area (Å²) in [6, 6.07) is 3.98. The van der Waals surface area contributed by atoms with Crippen molar-refractivity contribution in [3.63, 3.8) is 0 Å². The van der Waals surface area contributed by atoms with Crippen LogP contribution in [0.25, 0.3) is 0 Å². The van der Waals surface area contributed by atoms with E-state index in [-0.39, 0.29) is 18.6 Å². The summed E-state index contributed by atoms with van der Waals surface area (Å²) in [7, 11) is 4.51. The van der Waals surface area contributed by atoms with E-state index in [1.54, 1.807) is 0 Å². The Labute approximate surface area is 251 Å². The topological polar surface area (TPSA) is 67.5 Å². The Balaban J connectivity index is 0.00000150. The average Bonchev–Trinajstić information content (AvgIpc) is 2.85. The van der Waals surface area contributed by atoms with Gasteiger partial charge in [0.15, 0.2) is 0 Å². The highest BCUT2D eigenvalue weighted by molar-refractivity contribution is 9.09. The van der Waals surface area contributed by atoms with E-state index in [0.717, 1.165) is 79.0 Å². The average molecular weight is 659 g/mol. The van der Waals surface area contributed by atoms with Gasteiger partial charge in [0.1, 0.15) is 11.5 Å². The summed E-state index contributed by atoms with van der Waals surface area (Å²) < 4.78 is 12.1. The van der Waals surface area contributed by atoms with Crippen molar-refractivity contribution in [1.29, 1.82) is 0 Å². The molecule has 0 aromatic heterocycles. The molecule has 4 nitrogen and oxygen atoms in total. The zero-order valence-electron chi connectivity index (χ0n) is 24.0. The minimum absolute atomic E-state index is 0. The van der Waals surface area contributed by atoms with E-state index >= 15 is 0 Å². The summed E-state index contributed by atoms with van der Waals surface area (Å²) in [6.07, 6.45) is 10.8. The molecule has 208 valence electrons. The van der Waals surface area contributed by atoms with Gasteiger partial charge >= 0.3 is 0 Å². The van der Waals surface area contributed by atoms with Crippen molar-refractivity contribution in [2.75, 3.05) is 23.7 Å². The molecule has 0 unspecified atom stereocenters. The Morgan fingerprint density at radius 2 is 1.97 bits per heavy atom. The van der Waals surface area contributed by atoms with Gasteiger partial charge in [-0.25, -0.2) is 0 Å². The molecule has 37 heavy (non-hydrogen) atoms. The van der Waals surface area contributed by atoms with Gasteiger partial charge in [-0.2, -0.15) is 0 Å². The maximum absolute atomic E-state index is 11.1. The van der Waals surface area contributed by atoms with Gasteiger partial charge in [-0.1, -0.05) is 82.2 Å². The first-order chi connectivity index (χ1) is 18.2. The first-order valence-electron chi connectivity index (χ1n) is 13.9. The molecule has 2 atom stereocenters. The number of thiocarbonyl (C=S) groups is 1. The third kappa shape index (κ3) is 14.2. The largest absolute Gasteiger partial charge is 0.507 e. The SMILES string of the molecule is C=C(C)[C@@H]1CCC(C)=C[C@H]1c1c(O)cc(CCCCC)cc1OC(=S)NCCCBr.NCCCBr.[2H]C[B]. The molecular formula is C29H47BBr2N2O2S. The van der Waals surface area contributed by atoms with E-state index in [0.29, 0.717) is 16.7 Å². The molecule has 0 saturated carbocycles. The van der Waals surface area contributed by atoms with E-state index < -0.39 is 0 Å². The number of alkyl halides is 2. The Kier molecular flexibility index (Phi) is 20.4. The lowest BCUT2D eigenvalue weighted by atomic mass is 9.73. The van der Waals surface area contributed by atoms with Crippen LogP contribution in [0.5, 0.6) is 11.5 Å². The summed E-state index contributed by atoms with van der Waals surface area (Å²) >= 11 is 12.1. The first-order valence-corrected chi connectivity index (χ1v) is 15.8. The molecule has 2 rings (SSSR count). The number of ether oxygens (including phenoxy) is 1. The van der Waals surface area contributed by atoms with Crippen LogP contribution in [0.2, 0.25) is 6.80 Å². The molecular weight excluding hydrogens is 611 g/mol. The lowest BCUT2D eigenvalue weighted by Crippen LogP contribution is -2.28. The van der Waals surface area contributed by atoms with Gasteiger partial charge in [0.2, 0.25) is 0 Å². The third-order valence-electron chi connectivity index (χ3n) is 6.08. The summed E-state index contributed by atoms with van der Waals surface area (Å²) in [4.78, 5) is 0. The minimum Gasteiger partial charge on any atom is -0.507 e. The lowest BCUT2D eigenvalue weighted by molar-refractivity contribution is 0.420. The van der Waals surface area contributed by atoms with Gasteiger partial charge in [-0.05, 0) is 94.7 Å². The van der Waals surface area contributed by atoms with Gasteiger partial charge in [0.05, 0.1) is 7.85 Å². The molecule has 1 aromatic carbocycles. The van der Waals surface area contributed by atoms with Crippen LogP contribution in [-0.2, 0) is 6.42 Å². The van der Waals surface area contributed by atoms with E-state index in [1.807, 2.05) is 6.07 Å². The van der Waals surface area contributed by atoms with Gasteiger partial charge in [0.25, 0.3) is 5.17 Å². The number of aryl methyl sites for hydroxylation is 1. The number of allylic oxidation sites excluding steroid dienone is 3. The zero-order chi connectivity index (χ0) is 28.9. The number of rotatable bonds is 12. The quantitative estimate of drug-likeness (QED) is 0.0696. The maximum Gasteiger partial charge on any atom is 0.262 e. The van der Waals surface area contributed by atoms with Crippen molar-refractivity contribution in [3.05, 3.63) is 47.1 Å². The summed E-state index contributed by atoms with van der Waals surface area (Å²) in [5.74, 6) is 1.29. The summed E-state index contributed by atoms with van der Waals surface area (Å²) in [5, 5.41) is 16.5. The van der Waals surface area contributed by atoms with Crippen molar-refractivity contribution in [1.82, 2.24) is 5.32 Å². The molecule has 0 fully saturated rings. The molecule has 1 aliphatic rings. The van der Waals surface area contributed by atoms with E-state index in [2.05, 4.69) is 84.5 Å². The van der Waals surface area contributed by atoms with Gasteiger partial charge in [0, 0.05) is 30.1 Å². The number of hydrogen-bond acceptors (Lipinski definition) is 4. The van der Waals surface area contributed by atoms with Crippen LogP contribution < -0.4 is 15.8 Å². The van der Waals surface area contributed by atoms with Crippen molar-refractivity contribution in [2.45, 2.75) is 84.9 Å². The highest BCUT2D eigenvalue weighted by Crippen LogP contribution is 2.47. The van der Waals surface area contributed by atoms with Gasteiger partial charge in [-0.3, -0.25) is 0 Å². The molecule has 4 N–H and O–H groups in total. The van der Waals surface area contributed by atoms with Crippen LogP contribution in [0.1, 0.15) is 84.1 Å². The molecule has 2 radical (unpaired) electrons. The highest BCUT2D eigenvalue weighted by Gasteiger charge is 2.31. The number of benzene rings is 1. The number of nitrogens with one attached hydrogen (secondary N) is 1. The molecule has 0 aliphatic heterocycles. The molecule has 0 heterocycles. The fourth-order valence-corrected chi connectivity index (χ4v) is 4.98. The predicted octanol–water partition coefficient (Wildman–Crippen LogP) is 8.11. The molecule has 8 heteroatoms. The van der Waals surface area contributed by atoms with Crippen LogP contribution in [0, 0.1) is 5.92 Å². The number of aromatic hydroxyl groups is 1. The summed E-state index contributed by atoms with van der Waals surface area (Å²) in [5.41, 5.74) is 9.50. The summed E-state index contributed by atoms with van der Waals surface area (Å²) in [6.45, 7) is 12.2. The Bertz CT molecular complexity index is 856. The number of phenolic OH excluding ortho intramolecular Hbond substituents is 1. The number of nitrogens with two attached hydrogens (primary N) is 1. The monoisotopic (exact) mass is 657 g/mol. The number of hydrogen-bond donors (Lipinski definition) is 3. The van der Waals surface area contributed by atoms with Crippen molar-refractivity contribution >= 4 is 57.1 Å². The Morgan fingerprint density at radius 3 is 2.51 bits per heavy atom. The van der Waals surface area contributed by atoms with E-state index in [1.165, 1.54) is 18.4 Å². The third-order valence-corrected chi connectivity index (χ3v) is 7.43. The lowest BCUT2D eigenvalue weighted by Gasteiger charge is -2.32. The number of phenols is 1. The second-order valence-corrected chi connectivity index (χ2v) is 11.2. The van der Waals surface area contributed by atoms with Gasteiger partial charge < -0.3 is 20.9 Å². The minimum atomic E-state index is 0. The smallest absolute Gasteiger partial charge is 0.262 e. The molecule has 0 spiro atoms. The first kappa shape index (κ1) is 34.2. The fourth-order valence-electron chi connectivity index (χ4n) is 4.19. The molecule has 1 aromatic rings. The fraction of sp³-hybridized carbons (Fsp3) is 0.621. The second-order valence-electron chi connectivity index (χ2n) is 9.20. The molecule has 0 bridgehead atoms. The van der Waals surface area contributed by atoms with Gasteiger partial charge in [-0.15, -0.1) is 0 Å². The van der Waals surface area contributed by atoms with Crippen LogP contribution in [-0.4, -0.2) is 41.9 Å². The van der Waals surface area contributed by atoms with E-state index in [9.17, 15) is 5.11 Å². The van der Waals surface area contributed by atoms with Crippen LogP contribution in [0.4, 0.5) is 0 Å². The van der Waals surface area contributed by atoms with Crippen LogP contribution >= 0.6 is 44.1 Å². The van der Waals surface area contributed by atoms with Crippen LogP contribution in [0.3, 0.4) is 0 Å². The van der Waals surface area contributed by atoms with E-state index in [4.69, 9.17) is 24.1 Å². The second kappa shape index (κ2) is 22.0. The normalized spacial score (nSPS) is 16.7. The molecule has 1 aliphatic carbocycles. The van der Waals surface area contributed by atoms with Crippen molar-refractivity contribution in [3.8, 4) is 11.5 Å². The molecule has 0 saturated heterocycles. The molecule has 0 amide bonds. The number of halogens is 2. The highest BCUT2D eigenvalue weighted by atomic mass is 79.9. The predicted molar refractivity (Wildman–Crippen MR) is 174 cm³/mol. The van der Waals surface area contributed by atoms with Crippen molar-refractivity contribution in [2.24, 2.45) is 11.7 Å². The Hall–Kier alpha value is -0.825. The maximum atomic E-state index is 11.1. The number of unbranched alkanes of at least 4 members (excludes halogenated alkanes) is 2. The standard InChI is InChI=1S/C25H36BrNO2S.C3H8BrN.CH3B/c1-5-6-7-9-19-15-22(28)24(21-14-18(4)10-11-20(21)17(2)3)23(16-19)29-25(30)27-13-8-12-26;4-2-1-3-5;1-2/h14-16,20-21,28H,2,5-13H2,1,3-4H3,(H,27,30);1-3,5H2;1H3/t20-,21+;;/m0../s1/i;;1D. The Morgan fingerprint density at radius 1 is 1.30 bits per heavy atom. The van der Waals surface area contributed by atoms with Crippen LogP contribution in [0.15, 0.2) is 35.9 Å². The van der Waals surface area contributed by atoms with Crippen molar-refractivity contribution < 1.29 is 11.2 Å².